The molecule has 0 bridgehead atoms. The summed E-state index contributed by atoms with van der Waals surface area (Å²) in [7, 11) is 0. The molecule has 104 valence electrons. The molecule has 5 heteroatoms. The molecule has 2 aromatic rings. The van der Waals surface area contributed by atoms with E-state index in [-0.39, 0.29) is 0 Å². The number of aromatic nitrogens is 3. The summed E-state index contributed by atoms with van der Waals surface area (Å²) in [5.41, 5.74) is 2.42. The molecule has 0 N–H and O–H groups in total. The lowest BCUT2D eigenvalue weighted by atomic mass is 10.2. The standard InChI is InChI=1S/C15H19N5/c1-2-13-11-17-15(18-12-13)20-9-7-19(8-10-20)14-3-5-16-6-4-14/h3-6,11-12H,2,7-10H2,1H3. The van der Waals surface area contributed by atoms with Gasteiger partial charge in [0.15, 0.2) is 0 Å². The Morgan fingerprint density at radius 3 is 2.15 bits per heavy atom. The lowest BCUT2D eigenvalue weighted by Gasteiger charge is -2.36. The van der Waals surface area contributed by atoms with Crippen molar-refractivity contribution >= 4 is 11.6 Å². The molecule has 0 aliphatic carbocycles. The molecule has 0 unspecified atom stereocenters. The van der Waals surface area contributed by atoms with Crippen LogP contribution in [-0.4, -0.2) is 41.1 Å². The van der Waals surface area contributed by atoms with Gasteiger partial charge in [0.25, 0.3) is 0 Å². The first-order valence-corrected chi connectivity index (χ1v) is 7.07. The number of anilines is 2. The SMILES string of the molecule is CCc1cnc(N2CCN(c3ccncc3)CC2)nc1. The highest BCUT2D eigenvalue weighted by Crippen LogP contribution is 2.17. The third-order valence-electron chi connectivity index (χ3n) is 3.69. The first-order valence-electron chi connectivity index (χ1n) is 7.07. The van der Waals surface area contributed by atoms with Crippen molar-refractivity contribution < 1.29 is 0 Å². The second-order valence-corrected chi connectivity index (χ2v) is 4.92. The molecule has 0 amide bonds. The van der Waals surface area contributed by atoms with E-state index in [9.17, 15) is 0 Å². The van der Waals surface area contributed by atoms with E-state index < -0.39 is 0 Å². The Balaban J connectivity index is 1.63. The Hall–Kier alpha value is -2.17. The predicted molar refractivity (Wildman–Crippen MR) is 80.1 cm³/mol. The van der Waals surface area contributed by atoms with Crippen LogP contribution in [0, 0.1) is 0 Å². The van der Waals surface area contributed by atoms with Crippen LogP contribution < -0.4 is 9.80 Å². The Labute approximate surface area is 119 Å². The zero-order valence-electron chi connectivity index (χ0n) is 11.7. The van der Waals surface area contributed by atoms with E-state index >= 15 is 0 Å². The van der Waals surface area contributed by atoms with Gasteiger partial charge in [-0.15, -0.1) is 0 Å². The molecular formula is C15H19N5. The Morgan fingerprint density at radius 2 is 1.55 bits per heavy atom. The lowest BCUT2D eigenvalue weighted by Crippen LogP contribution is -2.47. The number of aryl methyl sites for hydroxylation is 1. The first-order chi connectivity index (χ1) is 9.86. The van der Waals surface area contributed by atoms with E-state index in [1.165, 1.54) is 11.3 Å². The van der Waals surface area contributed by atoms with Gasteiger partial charge in [0.2, 0.25) is 5.95 Å². The molecule has 1 fully saturated rings. The van der Waals surface area contributed by atoms with Crippen LogP contribution in [0.2, 0.25) is 0 Å². The van der Waals surface area contributed by atoms with E-state index in [0.29, 0.717) is 0 Å². The Bertz CT molecular complexity index is 532. The summed E-state index contributed by atoms with van der Waals surface area (Å²) in [6.45, 7) is 6.00. The minimum absolute atomic E-state index is 0.844. The van der Waals surface area contributed by atoms with Gasteiger partial charge in [0.05, 0.1) is 0 Å². The number of hydrogen-bond acceptors (Lipinski definition) is 5. The summed E-state index contributed by atoms with van der Waals surface area (Å²) in [6, 6.07) is 4.12. The minimum atomic E-state index is 0.844. The fraction of sp³-hybridized carbons (Fsp3) is 0.400. The smallest absolute Gasteiger partial charge is 0.225 e. The molecule has 1 aliphatic heterocycles. The van der Waals surface area contributed by atoms with Gasteiger partial charge in [-0.3, -0.25) is 4.98 Å². The van der Waals surface area contributed by atoms with Crippen molar-refractivity contribution in [3.63, 3.8) is 0 Å². The van der Waals surface area contributed by atoms with Gasteiger partial charge in [-0.2, -0.15) is 0 Å². The number of rotatable bonds is 3. The van der Waals surface area contributed by atoms with Crippen LogP contribution in [0.1, 0.15) is 12.5 Å². The molecule has 0 radical (unpaired) electrons. The first kappa shape index (κ1) is 12.8. The highest BCUT2D eigenvalue weighted by Gasteiger charge is 2.18. The molecule has 0 atom stereocenters. The van der Waals surface area contributed by atoms with Crippen molar-refractivity contribution in [1.82, 2.24) is 15.0 Å². The van der Waals surface area contributed by atoms with E-state index in [0.717, 1.165) is 38.5 Å². The predicted octanol–water partition coefficient (Wildman–Crippen LogP) is 1.76. The number of pyridine rings is 1. The molecule has 5 nitrogen and oxygen atoms in total. The summed E-state index contributed by atoms with van der Waals surface area (Å²) in [4.78, 5) is 17.6. The molecule has 3 heterocycles. The minimum Gasteiger partial charge on any atom is -0.368 e. The molecular weight excluding hydrogens is 250 g/mol. The molecule has 1 aliphatic rings. The number of hydrogen-bond donors (Lipinski definition) is 0. The van der Waals surface area contributed by atoms with Gasteiger partial charge >= 0.3 is 0 Å². The van der Waals surface area contributed by atoms with Crippen molar-refractivity contribution in [3.05, 3.63) is 42.5 Å². The maximum Gasteiger partial charge on any atom is 0.225 e. The van der Waals surface area contributed by atoms with Gasteiger partial charge in [-0.05, 0) is 24.1 Å². The van der Waals surface area contributed by atoms with Crippen LogP contribution in [0.25, 0.3) is 0 Å². The van der Waals surface area contributed by atoms with E-state index in [2.05, 4.69) is 43.8 Å². The average molecular weight is 269 g/mol. The monoisotopic (exact) mass is 269 g/mol. The molecule has 1 saturated heterocycles. The lowest BCUT2D eigenvalue weighted by molar-refractivity contribution is 0.639. The van der Waals surface area contributed by atoms with E-state index in [1.54, 1.807) is 0 Å². The van der Waals surface area contributed by atoms with Crippen LogP contribution in [0.15, 0.2) is 36.9 Å². The fourth-order valence-electron chi connectivity index (χ4n) is 2.41. The molecule has 0 spiro atoms. The highest BCUT2D eigenvalue weighted by atomic mass is 15.3. The third-order valence-corrected chi connectivity index (χ3v) is 3.69. The van der Waals surface area contributed by atoms with Crippen molar-refractivity contribution in [2.45, 2.75) is 13.3 Å². The van der Waals surface area contributed by atoms with Gasteiger partial charge < -0.3 is 9.80 Å². The zero-order valence-corrected chi connectivity index (χ0v) is 11.7. The Kier molecular flexibility index (Phi) is 3.76. The van der Waals surface area contributed by atoms with Crippen molar-refractivity contribution in [2.24, 2.45) is 0 Å². The quantitative estimate of drug-likeness (QED) is 0.849. The Morgan fingerprint density at radius 1 is 0.950 bits per heavy atom. The van der Waals surface area contributed by atoms with Gasteiger partial charge in [0, 0.05) is 56.7 Å². The second-order valence-electron chi connectivity index (χ2n) is 4.92. The molecule has 3 rings (SSSR count). The molecule has 0 saturated carbocycles. The summed E-state index contributed by atoms with van der Waals surface area (Å²) in [5, 5.41) is 0. The van der Waals surface area contributed by atoms with Gasteiger partial charge in [-0.1, -0.05) is 6.92 Å². The fourth-order valence-corrected chi connectivity index (χ4v) is 2.41. The molecule has 2 aromatic heterocycles. The van der Waals surface area contributed by atoms with Gasteiger partial charge in [-0.25, -0.2) is 9.97 Å². The number of nitrogens with zero attached hydrogens (tertiary/aromatic N) is 5. The van der Waals surface area contributed by atoms with Crippen LogP contribution in [0.3, 0.4) is 0 Å². The maximum atomic E-state index is 4.46. The zero-order chi connectivity index (χ0) is 13.8. The van der Waals surface area contributed by atoms with Crippen LogP contribution in [-0.2, 0) is 6.42 Å². The average Bonchev–Trinajstić information content (AvgIpc) is 2.56. The molecule has 0 aromatic carbocycles. The third kappa shape index (κ3) is 2.71. The largest absolute Gasteiger partial charge is 0.368 e. The highest BCUT2D eigenvalue weighted by molar-refractivity contribution is 5.47. The van der Waals surface area contributed by atoms with Crippen LogP contribution in [0.4, 0.5) is 11.6 Å². The normalized spacial score (nSPS) is 15.4. The summed E-state index contributed by atoms with van der Waals surface area (Å²) < 4.78 is 0. The van der Waals surface area contributed by atoms with Crippen molar-refractivity contribution in [2.75, 3.05) is 36.0 Å². The maximum absolute atomic E-state index is 4.46. The van der Waals surface area contributed by atoms with Crippen molar-refractivity contribution in [3.8, 4) is 0 Å². The second kappa shape index (κ2) is 5.86. The summed E-state index contributed by atoms with van der Waals surface area (Å²) in [6.07, 6.45) is 8.52. The summed E-state index contributed by atoms with van der Waals surface area (Å²) >= 11 is 0. The van der Waals surface area contributed by atoms with E-state index in [1.807, 2.05) is 24.8 Å². The summed E-state index contributed by atoms with van der Waals surface area (Å²) in [5.74, 6) is 0.844. The van der Waals surface area contributed by atoms with Crippen molar-refractivity contribution in [1.29, 1.82) is 0 Å². The molecule has 20 heavy (non-hydrogen) atoms. The number of piperazine rings is 1. The van der Waals surface area contributed by atoms with Crippen LogP contribution >= 0.6 is 0 Å². The van der Waals surface area contributed by atoms with E-state index in [4.69, 9.17) is 0 Å². The topological polar surface area (TPSA) is 45.2 Å². The van der Waals surface area contributed by atoms with Gasteiger partial charge in [0.1, 0.15) is 0 Å². The van der Waals surface area contributed by atoms with Crippen LogP contribution in [0.5, 0.6) is 0 Å².